The molecule has 0 aliphatic carbocycles. The molecule has 2 aliphatic rings. The Hall–Kier alpha value is -2.63. The molecule has 0 saturated carbocycles. The van der Waals surface area contributed by atoms with Crippen molar-refractivity contribution in [1.82, 2.24) is 14.7 Å². The van der Waals surface area contributed by atoms with Gasteiger partial charge in [0.05, 0.1) is 0 Å². The molecule has 1 saturated heterocycles. The molecule has 2 atom stereocenters. The number of nitrogens with zero attached hydrogens (tertiary/aromatic N) is 4. The van der Waals surface area contributed by atoms with E-state index in [2.05, 4.69) is 18.1 Å². The molecule has 2 aromatic rings. The predicted octanol–water partition coefficient (Wildman–Crippen LogP) is 2.49. The van der Waals surface area contributed by atoms with Gasteiger partial charge in [-0.15, -0.1) is 0 Å². The molecule has 0 radical (unpaired) electrons. The van der Waals surface area contributed by atoms with Crippen LogP contribution in [0.15, 0.2) is 41.2 Å². The second-order valence-corrected chi connectivity index (χ2v) is 7.76. The van der Waals surface area contributed by atoms with Crippen molar-refractivity contribution in [3.63, 3.8) is 0 Å². The highest BCUT2D eigenvalue weighted by Crippen LogP contribution is 2.38. The van der Waals surface area contributed by atoms with Crippen molar-refractivity contribution in [1.29, 1.82) is 0 Å². The van der Waals surface area contributed by atoms with Crippen LogP contribution in [0.25, 0.3) is 0 Å². The summed E-state index contributed by atoms with van der Waals surface area (Å²) in [4.78, 5) is 29.3. The van der Waals surface area contributed by atoms with E-state index in [0.29, 0.717) is 18.2 Å². The van der Waals surface area contributed by atoms with Crippen LogP contribution in [0, 0.1) is 5.92 Å². The lowest BCUT2D eigenvalue weighted by molar-refractivity contribution is -0.132. The summed E-state index contributed by atoms with van der Waals surface area (Å²) in [6, 6.07) is 11.0. The molecule has 4 rings (SSSR count). The van der Waals surface area contributed by atoms with Crippen molar-refractivity contribution in [3.05, 3.63) is 52.3 Å². The topological polar surface area (TPSA) is 58.4 Å². The number of aromatic nitrogens is 2. The number of benzene rings is 1. The Balaban J connectivity index is 1.71. The molecular weight excluding hydrogens is 340 g/mol. The molecule has 142 valence electrons. The minimum Gasteiger partial charge on any atom is -0.341 e. The summed E-state index contributed by atoms with van der Waals surface area (Å²) in [5.74, 6) is 1.34. The van der Waals surface area contributed by atoms with Crippen molar-refractivity contribution < 1.29 is 4.79 Å². The fourth-order valence-corrected chi connectivity index (χ4v) is 4.25. The Morgan fingerprint density at radius 1 is 1.15 bits per heavy atom. The molecule has 0 N–H and O–H groups in total. The standard InChI is InChI=1S/C21H26N4O2/c1-15-7-5-6-12-24(14-15)21(27)18-13-16-8-3-4-9-17(16)25(18)19-10-11-20(26)23(2)22-19/h3-4,8-11,15,18H,5-7,12-14H2,1-2H3/t15?,18-/m0/s1. The third-order valence-corrected chi connectivity index (χ3v) is 5.67. The first-order valence-corrected chi connectivity index (χ1v) is 9.75. The van der Waals surface area contributed by atoms with Crippen LogP contribution < -0.4 is 10.5 Å². The van der Waals surface area contributed by atoms with Gasteiger partial charge < -0.3 is 9.80 Å². The molecule has 1 fully saturated rings. The van der Waals surface area contributed by atoms with Gasteiger partial charge in [0.2, 0.25) is 5.91 Å². The fraction of sp³-hybridized carbons (Fsp3) is 0.476. The number of hydrogen-bond donors (Lipinski definition) is 0. The van der Waals surface area contributed by atoms with E-state index in [-0.39, 0.29) is 17.5 Å². The molecule has 3 heterocycles. The number of rotatable bonds is 2. The summed E-state index contributed by atoms with van der Waals surface area (Å²) in [6.07, 6.45) is 4.10. The lowest BCUT2D eigenvalue weighted by Crippen LogP contribution is -2.47. The molecule has 6 heteroatoms. The Morgan fingerprint density at radius 2 is 1.96 bits per heavy atom. The Bertz CT molecular complexity index is 907. The van der Waals surface area contributed by atoms with E-state index in [1.54, 1.807) is 13.1 Å². The van der Waals surface area contributed by atoms with Crippen molar-refractivity contribution in [2.75, 3.05) is 18.0 Å². The third kappa shape index (κ3) is 3.36. The maximum absolute atomic E-state index is 13.5. The summed E-state index contributed by atoms with van der Waals surface area (Å²) in [6.45, 7) is 3.87. The third-order valence-electron chi connectivity index (χ3n) is 5.67. The molecule has 1 unspecified atom stereocenters. The average Bonchev–Trinajstić information content (AvgIpc) is 2.91. The highest BCUT2D eigenvalue weighted by molar-refractivity contribution is 5.91. The largest absolute Gasteiger partial charge is 0.341 e. The summed E-state index contributed by atoms with van der Waals surface area (Å²) >= 11 is 0. The van der Waals surface area contributed by atoms with E-state index in [9.17, 15) is 9.59 Å². The fourth-order valence-electron chi connectivity index (χ4n) is 4.25. The Labute approximate surface area is 159 Å². The van der Waals surface area contributed by atoms with E-state index < -0.39 is 0 Å². The van der Waals surface area contributed by atoms with Gasteiger partial charge in [0.1, 0.15) is 6.04 Å². The molecule has 1 aromatic carbocycles. The highest BCUT2D eigenvalue weighted by atomic mass is 16.2. The molecular formula is C21H26N4O2. The quantitative estimate of drug-likeness (QED) is 0.819. The number of para-hydroxylation sites is 1. The molecule has 1 amide bonds. The van der Waals surface area contributed by atoms with Gasteiger partial charge in [0, 0.05) is 38.3 Å². The summed E-state index contributed by atoms with van der Waals surface area (Å²) in [5, 5.41) is 4.42. The molecule has 6 nitrogen and oxygen atoms in total. The number of carbonyl (C=O) groups is 1. The monoisotopic (exact) mass is 366 g/mol. The maximum atomic E-state index is 13.5. The van der Waals surface area contributed by atoms with Crippen LogP contribution in [0.4, 0.5) is 11.5 Å². The van der Waals surface area contributed by atoms with E-state index in [1.807, 2.05) is 28.0 Å². The minimum absolute atomic E-state index is 0.157. The molecule has 0 bridgehead atoms. The van der Waals surface area contributed by atoms with Crippen LogP contribution in [-0.4, -0.2) is 39.7 Å². The Kier molecular flexibility index (Phi) is 4.72. The van der Waals surface area contributed by atoms with Crippen molar-refractivity contribution in [2.45, 2.75) is 38.6 Å². The average molecular weight is 366 g/mol. The second kappa shape index (κ2) is 7.18. The number of likely N-dealkylation sites (tertiary alicyclic amines) is 1. The van der Waals surface area contributed by atoms with E-state index in [0.717, 1.165) is 30.8 Å². The van der Waals surface area contributed by atoms with Crippen molar-refractivity contribution in [2.24, 2.45) is 13.0 Å². The van der Waals surface area contributed by atoms with E-state index in [4.69, 9.17) is 0 Å². The van der Waals surface area contributed by atoms with Crippen LogP contribution in [0.1, 0.15) is 31.7 Å². The minimum atomic E-state index is -0.308. The van der Waals surface area contributed by atoms with Gasteiger partial charge in [0.25, 0.3) is 5.56 Å². The summed E-state index contributed by atoms with van der Waals surface area (Å²) < 4.78 is 1.33. The van der Waals surface area contributed by atoms with Gasteiger partial charge in [-0.2, -0.15) is 5.10 Å². The predicted molar refractivity (Wildman–Crippen MR) is 105 cm³/mol. The number of anilines is 2. The van der Waals surface area contributed by atoms with Gasteiger partial charge in [-0.3, -0.25) is 9.59 Å². The summed E-state index contributed by atoms with van der Waals surface area (Å²) in [7, 11) is 1.64. The molecule has 27 heavy (non-hydrogen) atoms. The number of aryl methyl sites for hydroxylation is 1. The zero-order valence-electron chi connectivity index (χ0n) is 16.0. The van der Waals surface area contributed by atoms with Gasteiger partial charge in [-0.05, 0) is 36.5 Å². The number of fused-ring (bicyclic) bond motifs is 1. The van der Waals surface area contributed by atoms with E-state index in [1.165, 1.54) is 23.6 Å². The van der Waals surface area contributed by atoms with Crippen LogP contribution >= 0.6 is 0 Å². The Morgan fingerprint density at radius 3 is 2.78 bits per heavy atom. The SMILES string of the molecule is CC1CCCCN(C(=O)[C@@H]2Cc3ccccc3N2c2ccc(=O)n(C)n2)C1. The van der Waals surface area contributed by atoms with Crippen LogP contribution in [-0.2, 0) is 18.3 Å². The highest BCUT2D eigenvalue weighted by Gasteiger charge is 2.38. The van der Waals surface area contributed by atoms with Gasteiger partial charge in [0.15, 0.2) is 5.82 Å². The lowest BCUT2D eigenvalue weighted by Gasteiger charge is -2.31. The zero-order valence-corrected chi connectivity index (χ0v) is 16.0. The zero-order chi connectivity index (χ0) is 19.0. The maximum Gasteiger partial charge on any atom is 0.266 e. The van der Waals surface area contributed by atoms with Crippen molar-refractivity contribution >= 4 is 17.4 Å². The second-order valence-electron chi connectivity index (χ2n) is 7.76. The smallest absolute Gasteiger partial charge is 0.266 e. The number of hydrogen-bond acceptors (Lipinski definition) is 4. The molecule has 2 aliphatic heterocycles. The first-order valence-electron chi connectivity index (χ1n) is 9.75. The van der Waals surface area contributed by atoms with Crippen molar-refractivity contribution in [3.8, 4) is 0 Å². The van der Waals surface area contributed by atoms with Gasteiger partial charge in [-0.25, -0.2) is 4.68 Å². The summed E-state index contributed by atoms with van der Waals surface area (Å²) in [5.41, 5.74) is 2.00. The first kappa shape index (κ1) is 17.8. The van der Waals surface area contributed by atoms with Gasteiger partial charge in [-0.1, -0.05) is 31.5 Å². The first-order chi connectivity index (χ1) is 13.0. The van der Waals surface area contributed by atoms with Crippen LogP contribution in [0.5, 0.6) is 0 Å². The number of carbonyl (C=O) groups excluding carboxylic acids is 1. The lowest BCUT2D eigenvalue weighted by atomic mass is 10.1. The normalized spacial score (nSPS) is 22.4. The molecule has 1 aromatic heterocycles. The van der Waals surface area contributed by atoms with Crippen LogP contribution in [0.3, 0.4) is 0 Å². The van der Waals surface area contributed by atoms with Gasteiger partial charge >= 0.3 is 0 Å². The molecule has 0 spiro atoms. The van der Waals surface area contributed by atoms with E-state index >= 15 is 0 Å². The van der Waals surface area contributed by atoms with Crippen LogP contribution in [0.2, 0.25) is 0 Å². The number of amides is 1.